The van der Waals surface area contributed by atoms with Gasteiger partial charge in [-0.05, 0) is 25.2 Å². The molecule has 0 amide bonds. The van der Waals surface area contributed by atoms with Gasteiger partial charge in [-0.3, -0.25) is 0 Å². The Morgan fingerprint density at radius 3 is 3.11 bits per heavy atom. The highest BCUT2D eigenvalue weighted by molar-refractivity contribution is 7.13. The second-order valence-corrected chi connectivity index (χ2v) is 5.60. The van der Waals surface area contributed by atoms with Crippen LogP contribution in [0.3, 0.4) is 0 Å². The Bertz CT molecular complexity index is 444. The normalized spacial score (nSPS) is 27.2. The van der Waals surface area contributed by atoms with Gasteiger partial charge in [0.1, 0.15) is 0 Å². The molecule has 5 nitrogen and oxygen atoms in total. The van der Waals surface area contributed by atoms with Gasteiger partial charge in [-0.15, -0.1) is 11.3 Å². The molecule has 2 heterocycles. The molecule has 0 spiro atoms. The second-order valence-electron chi connectivity index (χ2n) is 4.74. The van der Waals surface area contributed by atoms with E-state index in [0.717, 1.165) is 18.2 Å². The highest BCUT2D eigenvalue weighted by atomic mass is 32.1. The van der Waals surface area contributed by atoms with Crippen LogP contribution in [-0.2, 0) is 9.47 Å². The van der Waals surface area contributed by atoms with Crippen molar-refractivity contribution in [3.63, 3.8) is 0 Å². The molecular weight excluding hydrogens is 252 g/mol. The molecule has 1 aliphatic carbocycles. The van der Waals surface area contributed by atoms with Gasteiger partial charge < -0.3 is 14.8 Å². The average Bonchev–Trinajstić information content (AvgIpc) is 2.95. The maximum atomic E-state index is 11.3. The van der Waals surface area contributed by atoms with Crippen LogP contribution in [0.2, 0.25) is 0 Å². The van der Waals surface area contributed by atoms with Crippen LogP contribution in [0.5, 0.6) is 0 Å². The lowest BCUT2D eigenvalue weighted by Crippen LogP contribution is -2.30. The summed E-state index contributed by atoms with van der Waals surface area (Å²) >= 11 is 1.44. The first-order valence-corrected chi connectivity index (χ1v) is 7.08. The summed E-state index contributed by atoms with van der Waals surface area (Å²) in [6.45, 7) is 0.814. The van der Waals surface area contributed by atoms with Gasteiger partial charge in [-0.2, -0.15) is 0 Å². The van der Waals surface area contributed by atoms with Gasteiger partial charge in [-0.1, -0.05) is 0 Å². The van der Waals surface area contributed by atoms with E-state index in [0.29, 0.717) is 23.8 Å². The molecule has 2 fully saturated rings. The predicted molar refractivity (Wildman–Crippen MR) is 67.9 cm³/mol. The van der Waals surface area contributed by atoms with Crippen molar-refractivity contribution in [1.29, 1.82) is 0 Å². The largest absolute Gasteiger partial charge is 0.464 e. The van der Waals surface area contributed by atoms with E-state index in [2.05, 4.69) is 15.0 Å². The molecule has 1 saturated carbocycles. The number of ether oxygens (including phenoxy) is 2. The van der Waals surface area contributed by atoms with E-state index in [1.807, 2.05) is 0 Å². The minimum absolute atomic E-state index is 0.315. The van der Waals surface area contributed by atoms with Crippen molar-refractivity contribution in [3.8, 4) is 0 Å². The van der Waals surface area contributed by atoms with Crippen molar-refractivity contribution < 1.29 is 14.3 Å². The molecule has 0 aromatic carbocycles. The Morgan fingerprint density at radius 1 is 1.56 bits per heavy atom. The zero-order valence-electron chi connectivity index (χ0n) is 10.2. The highest BCUT2D eigenvalue weighted by Crippen LogP contribution is 2.39. The van der Waals surface area contributed by atoms with E-state index < -0.39 is 0 Å². The Morgan fingerprint density at radius 2 is 2.39 bits per heavy atom. The summed E-state index contributed by atoms with van der Waals surface area (Å²) in [5.41, 5.74) is 0.367. The molecular formula is C12H16N2O3S. The van der Waals surface area contributed by atoms with Crippen LogP contribution >= 0.6 is 11.3 Å². The van der Waals surface area contributed by atoms with Gasteiger partial charge in [0.05, 0.1) is 19.3 Å². The molecule has 2 aliphatic rings. The Kier molecular flexibility index (Phi) is 3.22. The minimum Gasteiger partial charge on any atom is -0.464 e. The number of rotatable bonds is 4. The molecule has 2 atom stereocenters. The lowest BCUT2D eigenvalue weighted by molar-refractivity contribution is 0.0595. The minimum atomic E-state index is -0.388. The molecule has 0 bridgehead atoms. The summed E-state index contributed by atoms with van der Waals surface area (Å²) in [5.74, 6) is 0.325. The fraction of sp³-hybridized carbons (Fsp3) is 0.667. The average molecular weight is 268 g/mol. The van der Waals surface area contributed by atoms with Crippen LogP contribution < -0.4 is 5.32 Å². The molecule has 3 rings (SSSR count). The third-order valence-electron chi connectivity index (χ3n) is 3.43. The van der Waals surface area contributed by atoms with E-state index in [9.17, 15) is 4.79 Å². The molecule has 2 unspecified atom stereocenters. The zero-order chi connectivity index (χ0) is 12.5. The standard InChI is InChI=1S/C12H16N2O3S/c1-16-11(15)9-6-18-12(14-9)13-8-4-5-17-10(8)7-2-3-7/h6-8,10H,2-5H2,1H3,(H,13,14). The lowest BCUT2D eigenvalue weighted by atomic mass is 10.1. The molecule has 1 aromatic rings. The predicted octanol–water partition coefficient (Wildman–Crippen LogP) is 1.91. The van der Waals surface area contributed by atoms with Crippen molar-refractivity contribution in [2.75, 3.05) is 19.0 Å². The van der Waals surface area contributed by atoms with E-state index in [1.165, 1.54) is 31.3 Å². The van der Waals surface area contributed by atoms with E-state index in [-0.39, 0.29) is 5.97 Å². The SMILES string of the molecule is COC(=O)c1csc(NC2CCOC2C2CC2)n1. The van der Waals surface area contributed by atoms with Crippen LogP contribution in [0.15, 0.2) is 5.38 Å². The molecule has 0 radical (unpaired) electrons. The maximum Gasteiger partial charge on any atom is 0.357 e. The summed E-state index contributed by atoms with van der Waals surface area (Å²) in [6, 6.07) is 0.328. The van der Waals surface area contributed by atoms with E-state index in [4.69, 9.17) is 4.74 Å². The first-order valence-electron chi connectivity index (χ1n) is 6.20. The summed E-state index contributed by atoms with van der Waals surface area (Å²) in [4.78, 5) is 15.6. The van der Waals surface area contributed by atoms with Gasteiger partial charge in [-0.25, -0.2) is 9.78 Å². The van der Waals surface area contributed by atoms with Gasteiger partial charge in [0.25, 0.3) is 0 Å². The first kappa shape index (κ1) is 11.9. The second kappa shape index (κ2) is 4.85. The molecule has 1 aromatic heterocycles. The topological polar surface area (TPSA) is 60.5 Å². The Balaban J connectivity index is 1.64. The summed E-state index contributed by atoms with van der Waals surface area (Å²) in [6.07, 6.45) is 3.87. The fourth-order valence-electron chi connectivity index (χ4n) is 2.35. The number of aromatic nitrogens is 1. The molecule has 6 heteroatoms. The summed E-state index contributed by atoms with van der Waals surface area (Å²) < 4.78 is 10.4. The highest BCUT2D eigenvalue weighted by Gasteiger charge is 2.40. The van der Waals surface area contributed by atoms with E-state index in [1.54, 1.807) is 5.38 Å². The number of carbonyl (C=O) groups excluding carboxylic acids is 1. The van der Waals surface area contributed by atoms with Crippen LogP contribution in [0, 0.1) is 5.92 Å². The maximum absolute atomic E-state index is 11.3. The van der Waals surface area contributed by atoms with E-state index >= 15 is 0 Å². The van der Waals surface area contributed by atoms with Crippen molar-refractivity contribution in [1.82, 2.24) is 4.98 Å². The number of hydrogen-bond acceptors (Lipinski definition) is 6. The van der Waals surface area contributed by atoms with Gasteiger partial charge in [0.15, 0.2) is 10.8 Å². The number of anilines is 1. The third-order valence-corrected chi connectivity index (χ3v) is 4.20. The van der Waals surface area contributed by atoms with Crippen molar-refractivity contribution in [3.05, 3.63) is 11.1 Å². The first-order chi connectivity index (χ1) is 8.78. The number of thiazole rings is 1. The number of carbonyl (C=O) groups is 1. The van der Waals surface area contributed by atoms with Crippen LogP contribution in [-0.4, -0.2) is 36.8 Å². The lowest BCUT2D eigenvalue weighted by Gasteiger charge is -2.18. The smallest absolute Gasteiger partial charge is 0.357 e. The third kappa shape index (κ3) is 2.35. The molecule has 18 heavy (non-hydrogen) atoms. The fourth-order valence-corrected chi connectivity index (χ4v) is 3.09. The van der Waals surface area contributed by atoms with Crippen LogP contribution in [0.25, 0.3) is 0 Å². The van der Waals surface area contributed by atoms with Gasteiger partial charge in [0, 0.05) is 12.0 Å². The Labute approximate surface area is 110 Å². The Hall–Kier alpha value is -1.14. The number of hydrogen-bond donors (Lipinski definition) is 1. The zero-order valence-corrected chi connectivity index (χ0v) is 11.0. The molecule has 1 aliphatic heterocycles. The van der Waals surface area contributed by atoms with Gasteiger partial charge in [0.2, 0.25) is 0 Å². The van der Waals surface area contributed by atoms with Crippen molar-refractivity contribution >= 4 is 22.4 Å². The van der Waals surface area contributed by atoms with Crippen molar-refractivity contribution in [2.24, 2.45) is 5.92 Å². The molecule has 98 valence electrons. The quantitative estimate of drug-likeness (QED) is 0.845. The number of nitrogens with one attached hydrogen (secondary N) is 1. The summed E-state index contributed by atoms with van der Waals surface area (Å²) in [7, 11) is 1.36. The summed E-state index contributed by atoms with van der Waals surface area (Å²) in [5, 5.41) is 5.88. The van der Waals surface area contributed by atoms with Crippen LogP contribution in [0.1, 0.15) is 29.8 Å². The molecule has 1 saturated heterocycles. The van der Waals surface area contributed by atoms with Crippen LogP contribution in [0.4, 0.5) is 5.13 Å². The monoisotopic (exact) mass is 268 g/mol. The van der Waals surface area contributed by atoms with Crippen molar-refractivity contribution in [2.45, 2.75) is 31.4 Å². The number of methoxy groups -OCH3 is 1. The number of nitrogens with zero attached hydrogens (tertiary/aromatic N) is 1. The van der Waals surface area contributed by atoms with Gasteiger partial charge >= 0.3 is 5.97 Å². The number of esters is 1. The molecule has 1 N–H and O–H groups in total.